The van der Waals surface area contributed by atoms with E-state index in [1.165, 1.54) is 27.8 Å². The lowest BCUT2D eigenvalue weighted by atomic mass is 9.78. The van der Waals surface area contributed by atoms with Crippen LogP contribution < -0.4 is 5.73 Å². The number of fused-ring (bicyclic) bond motifs is 1. The first-order chi connectivity index (χ1) is 12.1. The Morgan fingerprint density at radius 3 is 2.54 bits per heavy atom. The highest BCUT2D eigenvalue weighted by atomic mass is 16.1. The molecule has 0 radical (unpaired) electrons. The fourth-order valence-corrected chi connectivity index (χ4v) is 3.96. The monoisotopic (exact) mass is 347 g/mol. The maximum atomic E-state index is 11.9. The highest BCUT2D eigenvalue weighted by Gasteiger charge is 2.27. The number of rotatable bonds is 3. The molecule has 26 heavy (non-hydrogen) atoms. The minimum atomic E-state index is -0.358. The number of hydrogen-bond donors (Lipinski definition) is 1. The van der Waals surface area contributed by atoms with Gasteiger partial charge in [0.1, 0.15) is 0 Å². The average Bonchev–Trinajstić information content (AvgIpc) is 2.96. The van der Waals surface area contributed by atoms with Gasteiger partial charge in [0, 0.05) is 5.57 Å². The van der Waals surface area contributed by atoms with Crippen LogP contribution in [0.25, 0.3) is 11.6 Å². The Balaban J connectivity index is 2.28. The third-order valence-corrected chi connectivity index (χ3v) is 5.59. The second kappa shape index (κ2) is 6.42. The first-order valence-electron chi connectivity index (χ1n) is 9.40. The number of amides is 1. The van der Waals surface area contributed by atoms with E-state index in [-0.39, 0.29) is 11.3 Å². The number of nitrogens with two attached hydrogens (primary N) is 1. The molecule has 2 aliphatic rings. The zero-order valence-corrected chi connectivity index (χ0v) is 16.6. The van der Waals surface area contributed by atoms with Gasteiger partial charge in [0.25, 0.3) is 0 Å². The topological polar surface area (TPSA) is 43.1 Å². The molecule has 2 aliphatic carbocycles. The minimum Gasteiger partial charge on any atom is -0.366 e. The van der Waals surface area contributed by atoms with Gasteiger partial charge in [-0.1, -0.05) is 64.1 Å². The average molecular weight is 348 g/mol. The molecular formula is C24H29NO. The summed E-state index contributed by atoms with van der Waals surface area (Å²) in [5, 5.41) is 0. The number of benzene rings is 1. The Hall–Kier alpha value is -2.35. The lowest BCUT2D eigenvalue weighted by Crippen LogP contribution is -2.18. The van der Waals surface area contributed by atoms with Crippen molar-refractivity contribution in [1.29, 1.82) is 0 Å². The van der Waals surface area contributed by atoms with E-state index in [0.29, 0.717) is 12.0 Å². The van der Waals surface area contributed by atoms with E-state index in [1.54, 1.807) is 0 Å². The Kier molecular flexibility index (Phi) is 4.56. The van der Waals surface area contributed by atoms with Crippen LogP contribution in [0.2, 0.25) is 0 Å². The summed E-state index contributed by atoms with van der Waals surface area (Å²) in [4.78, 5) is 11.9. The molecule has 2 N–H and O–H groups in total. The molecule has 2 heteroatoms. The highest BCUT2D eigenvalue weighted by Crippen LogP contribution is 2.42. The molecule has 0 saturated carbocycles. The number of primary amides is 1. The largest absolute Gasteiger partial charge is 0.366 e. The van der Waals surface area contributed by atoms with Gasteiger partial charge in [0.05, 0.1) is 0 Å². The molecule has 0 aromatic heterocycles. The van der Waals surface area contributed by atoms with E-state index < -0.39 is 0 Å². The lowest BCUT2D eigenvalue weighted by molar-refractivity contribution is -0.114. The number of allylic oxidation sites excluding steroid dienone is 4. The maximum Gasteiger partial charge on any atom is 0.248 e. The van der Waals surface area contributed by atoms with Gasteiger partial charge >= 0.3 is 0 Å². The summed E-state index contributed by atoms with van der Waals surface area (Å²) in [5.74, 6) is -0.358. The molecule has 0 fully saturated rings. The van der Waals surface area contributed by atoms with E-state index in [2.05, 4.69) is 52.5 Å². The molecule has 2 nitrogen and oxygen atoms in total. The van der Waals surface area contributed by atoms with Crippen LogP contribution in [0.4, 0.5) is 0 Å². The summed E-state index contributed by atoms with van der Waals surface area (Å²) in [6, 6.07) is 4.63. The van der Waals surface area contributed by atoms with Crippen molar-refractivity contribution in [3.63, 3.8) is 0 Å². The summed E-state index contributed by atoms with van der Waals surface area (Å²) in [5.41, 5.74) is 16.1. The third-order valence-electron chi connectivity index (χ3n) is 5.59. The standard InChI is InChI=1S/C24H29NO/c1-7-16-10-17-12-18(24(4,5)6)13-21(20(17)11-16)22-14(2)8-9-19(15(22)3)23(25)26/h9-10,12-13H,2,7-8,11H2,1,3-6H3,(H2,25,26). The van der Waals surface area contributed by atoms with E-state index in [0.717, 1.165) is 29.6 Å². The van der Waals surface area contributed by atoms with Crippen LogP contribution in [-0.4, -0.2) is 5.91 Å². The van der Waals surface area contributed by atoms with Gasteiger partial charge in [-0.05, 0) is 70.6 Å². The zero-order chi connectivity index (χ0) is 19.2. The minimum absolute atomic E-state index is 0.0550. The van der Waals surface area contributed by atoms with Crippen LogP contribution in [-0.2, 0) is 16.6 Å². The van der Waals surface area contributed by atoms with Gasteiger partial charge in [-0.25, -0.2) is 0 Å². The second-order valence-electron chi connectivity index (χ2n) is 8.46. The van der Waals surface area contributed by atoms with Gasteiger partial charge in [-0.3, -0.25) is 4.79 Å². The van der Waals surface area contributed by atoms with Crippen molar-refractivity contribution < 1.29 is 4.79 Å². The number of hydrogen-bond acceptors (Lipinski definition) is 1. The molecule has 0 saturated heterocycles. The molecule has 136 valence electrons. The fourth-order valence-electron chi connectivity index (χ4n) is 3.96. The zero-order valence-electron chi connectivity index (χ0n) is 16.6. The Morgan fingerprint density at radius 2 is 1.96 bits per heavy atom. The number of carbonyl (C=O) groups excluding carboxylic acids is 1. The van der Waals surface area contributed by atoms with E-state index in [4.69, 9.17) is 5.73 Å². The van der Waals surface area contributed by atoms with Crippen molar-refractivity contribution in [3.05, 3.63) is 69.3 Å². The van der Waals surface area contributed by atoms with Crippen LogP contribution in [0.3, 0.4) is 0 Å². The van der Waals surface area contributed by atoms with Crippen LogP contribution in [0, 0.1) is 0 Å². The summed E-state index contributed by atoms with van der Waals surface area (Å²) < 4.78 is 0. The summed E-state index contributed by atoms with van der Waals surface area (Å²) >= 11 is 0. The molecule has 1 aromatic carbocycles. The third kappa shape index (κ3) is 3.09. The fraction of sp³-hybridized carbons (Fsp3) is 0.375. The van der Waals surface area contributed by atoms with Crippen molar-refractivity contribution in [2.45, 2.75) is 59.3 Å². The van der Waals surface area contributed by atoms with Crippen molar-refractivity contribution in [3.8, 4) is 0 Å². The van der Waals surface area contributed by atoms with Crippen LogP contribution in [0.15, 0.2) is 47.1 Å². The van der Waals surface area contributed by atoms with E-state index in [1.807, 2.05) is 13.0 Å². The van der Waals surface area contributed by atoms with Crippen molar-refractivity contribution in [2.75, 3.05) is 0 Å². The van der Waals surface area contributed by atoms with Gasteiger partial charge in [-0.15, -0.1) is 0 Å². The smallest absolute Gasteiger partial charge is 0.248 e. The summed E-state index contributed by atoms with van der Waals surface area (Å²) in [6.07, 6.45) is 6.95. The van der Waals surface area contributed by atoms with Gasteiger partial charge in [0.2, 0.25) is 5.91 Å². The molecule has 0 spiro atoms. The highest BCUT2D eigenvalue weighted by molar-refractivity contribution is 6.03. The van der Waals surface area contributed by atoms with Crippen LogP contribution in [0.1, 0.15) is 69.7 Å². The first kappa shape index (κ1) is 18.4. The molecular weight excluding hydrogens is 318 g/mol. The second-order valence-corrected chi connectivity index (χ2v) is 8.46. The van der Waals surface area contributed by atoms with Gasteiger partial charge in [-0.2, -0.15) is 0 Å². The molecule has 1 aromatic rings. The van der Waals surface area contributed by atoms with Crippen molar-refractivity contribution >= 4 is 17.6 Å². The SMILES string of the molecule is C=C1CC=C(C(N)=O)C(C)=C1c1cc(C(C)(C)C)cc2c1CC(CC)=C2. The molecule has 3 rings (SSSR count). The predicted octanol–water partition coefficient (Wildman–Crippen LogP) is 5.48. The molecule has 1 amide bonds. The van der Waals surface area contributed by atoms with Gasteiger partial charge < -0.3 is 5.73 Å². The number of carbonyl (C=O) groups is 1. The molecule has 0 bridgehead atoms. The molecule has 0 atom stereocenters. The maximum absolute atomic E-state index is 11.9. The van der Waals surface area contributed by atoms with Crippen LogP contribution in [0.5, 0.6) is 0 Å². The van der Waals surface area contributed by atoms with E-state index >= 15 is 0 Å². The summed E-state index contributed by atoms with van der Waals surface area (Å²) in [7, 11) is 0. The lowest BCUT2D eigenvalue weighted by Gasteiger charge is -2.26. The van der Waals surface area contributed by atoms with Crippen molar-refractivity contribution in [1.82, 2.24) is 0 Å². The van der Waals surface area contributed by atoms with Crippen LogP contribution >= 0.6 is 0 Å². The Morgan fingerprint density at radius 1 is 1.27 bits per heavy atom. The molecule has 0 heterocycles. The van der Waals surface area contributed by atoms with Crippen molar-refractivity contribution in [2.24, 2.45) is 5.73 Å². The Labute approximate surface area is 157 Å². The molecule has 0 unspecified atom stereocenters. The van der Waals surface area contributed by atoms with E-state index in [9.17, 15) is 4.79 Å². The summed E-state index contributed by atoms with van der Waals surface area (Å²) in [6.45, 7) is 15.2. The normalized spacial score (nSPS) is 17.2. The quantitative estimate of drug-likeness (QED) is 0.773. The van der Waals surface area contributed by atoms with Gasteiger partial charge in [0.15, 0.2) is 0 Å². The predicted molar refractivity (Wildman–Crippen MR) is 111 cm³/mol. The first-order valence-corrected chi connectivity index (χ1v) is 9.40. The molecule has 0 aliphatic heterocycles. The Bertz CT molecular complexity index is 901.